The van der Waals surface area contributed by atoms with Crippen LogP contribution in [0.15, 0.2) is 23.1 Å². The number of benzene rings is 1. The van der Waals surface area contributed by atoms with Crippen molar-refractivity contribution < 1.29 is 9.90 Å². The molecule has 76 valence electrons. The molecule has 0 unspecified atom stereocenters. The van der Waals surface area contributed by atoms with Crippen LogP contribution in [0.1, 0.15) is 29.8 Å². The molecule has 0 aromatic heterocycles. The Morgan fingerprint density at radius 2 is 2.14 bits per heavy atom. The highest BCUT2D eigenvalue weighted by Crippen LogP contribution is 2.18. The van der Waals surface area contributed by atoms with Gasteiger partial charge in [0.05, 0.1) is 5.56 Å². The van der Waals surface area contributed by atoms with Gasteiger partial charge in [-0.15, -0.1) is 12.6 Å². The molecule has 1 rings (SSSR count). The van der Waals surface area contributed by atoms with Crippen molar-refractivity contribution in [2.45, 2.75) is 25.2 Å². The molecule has 0 saturated carbocycles. The minimum Gasteiger partial charge on any atom is -0.478 e. The molecule has 14 heavy (non-hydrogen) atoms. The summed E-state index contributed by atoms with van der Waals surface area (Å²) in [5.74, 6) is -0.421. The van der Waals surface area contributed by atoms with Gasteiger partial charge in [0.2, 0.25) is 0 Å². The van der Waals surface area contributed by atoms with Crippen molar-refractivity contribution in [3.8, 4) is 0 Å². The molecule has 0 aliphatic rings. The number of carbonyl (C=O) groups is 1. The van der Waals surface area contributed by atoms with Gasteiger partial charge < -0.3 is 5.11 Å². The van der Waals surface area contributed by atoms with Crippen molar-refractivity contribution in [2.75, 3.05) is 0 Å². The summed E-state index contributed by atoms with van der Waals surface area (Å²) in [4.78, 5) is 11.6. The Labute approximate surface area is 89.4 Å². The average molecular weight is 210 g/mol. The molecule has 0 aliphatic carbocycles. The standard InChI is InChI=1S/C11H14O2S/c1-7(2)5-8-3-4-9(14)6-10(8)11(12)13/h3-4,6-7,14H,5H2,1-2H3,(H,12,13). The molecule has 1 aromatic rings. The summed E-state index contributed by atoms with van der Waals surface area (Å²) in [5, 5.41) is 8.97. The molecule has 0 heterocycles. The number of rotatable bonds is 3. The van der Waals surface area contributed by atoms with E-state index in [4.69, 9.17) is 5.11 Å². The Morgan fingerprint density at radius 3 is 2.64 bits per heavy atom. The summed E-state index contributed by atoms with van der Waals surface area (Å²) in [7, 11) is 0. The van der Waals surface area contributed by atoms with Crippen molar-refractivity contribution >= 4 is 18.6 Å². The second kappa shape index (κ2) is 4.51. The molecule has 0 aliphatic heterocycles. The van der Waals surface area contributed by atoms with Gasteiger partial charge in [0, 0.05) is 4.90 Å². The summed E-state index contributed by atoms with van der Waals surface area (Å²) in [6.07, 6.45) is 0.787. The molecule has 1 aromatic carbocycles. The molecule has 0 atom stereocenters. The molecule has 0 saturated heterocycles. The van der Waals surface area contributed by atoms with E-state index in [1.807, 2.05) is 12.1 Å². The van der Waals surface area contributed by atoms with E-state index in [9.17, 15) is 4.79 Å². The lowest BCUT2D eigenvalue weighted by Gasteiger charge is -2.08. The third-order valence-corrected chi connectivity index (χ3v) is 2.23. The van der Waals surface area contributed by atoms with Gasteiger partial charge in [-0.25, -0.2) is 4.79 Å². The molecule has 0 bridgehead atoms. The zero-order valence-electron chi connectivity index (χ0n) is 8.32. The Bertz CT molecular complexity index is 345. The highest BCUT2D eigenvalue weighted by atomic mass is 32.1. The fraction of sp³-hybridized carbons (Fsp3) is 0.364. The van der Waals surface area contributed by atoms with Crippen LogP contribution >= 0.6 is 12.6 Å². The van der Waals surface area contributed by atoms with Crippen LogP contribution < -0.4 is 0 Å². The van der Waals surface area contributed by atoms with Gasteiger partial charge in [-0.05, 0) is 30.0 Å². The van der Waals surface area contributed by atoms with Crippen LogP contribution in [0.4, 0.5) is 0 Å². The van der Waals surface area contributed by atoms with E-state index in [-0.39, 0.29) is 0 Å². The monoisotopic (exact) mass is 210 g/mol. The number of hydrogen-bond acceptors (Lipinski definition) is 2. The molecular weight excluding hydrogens is 196 g/mol. The number of carboxylic acids is 1. The van der Waals surface area contributed by atoms with Crippen LogP contribution in [0.3, 0.4) is 0 Å². The van der Waals surface area contributed by atoms with Crippen molar-refractivity contribution in [3.05, 3.63) is 29.3 Å². The van der Waals surface area contributed by atoms with E-state index in [1.165, 1.54) is 0 Å². The second-order valence-corrected chi connectivity index (χ2v) is 4.26. The first-order valence-electron chi connectivity index (χ1n) is 4.56. The first-order chi connectivity index (χ1) is 6.50. The molecule has 0 spiro atoms. The molecule has 0 fully saturated rings. The lowest BCUT2D eigenvalue weighted by atomic mass is 9.98. The van der Waals surface area contributed by atoms with Crippen molar-refractivity contribution in [2.24, 2.45) is 5.92 Å². The van der Waals surface area contributed by atoms with Crippen LogP contribution in [-0.4, -0.2) is 11.1 Å². The van der Waals surface area contributed by atoms with Crippen LogP contribution in [-0.2, 0) is 6.42 Å². The number of hydrogen-bond donors (Lipinski definition) is 2. The van der Waals surface area contributed by atoms with Gasteiger partial charge in [-0.3, -0.25) is 0 Å². The molecule has 2 nitrogen and oxygen atoms in total. The van der Waals surface area contributed by atoms with E-state index < -0.39 is 5.97 Å². The van der Waals surface area contributed by atoms with E-state index >= 15 is 0 Å². The first kappa shape index (κ1) is 11.1. The number of carboxylic acid groups (broad SMARTS) is 1. The largest absolute Gasteiger partial charge is 0.478 e. The molecule has 0 radical (unpaired) electrons. The maximum atomic E-state index is 10.9. The maximum absolute atomic E-state index is 10.9. The van der Waals surface area contributed by atoms with Gasteiger partial charge in [0.25, 0.3) is 0 Å². The highest BCUT2D eigenvalue weighted by molar-refractivity contribution is 7.80. The van der Waals surface area contributed by atoms with E-state index in [0.29, 0.717) is 16.4 Å². The lowest BCUT2D eigenvalue weighted by molar-refractivity contribution is 0.0695. The molecule has 1 N–H and O–H groups in total. The fourth-order valence-electron chi connectivity index (χ4n) is 1.38. The van der Waals surface area contributed by atoms with Gasteiger partial charge in [-0.1, -0.05) is 19.9 Å². The Hall–Kier alpha value is -0.960. The zero-order chi connectivity index (χ0) is 10.7. The third kappa shape index (κ3) is 2.77. The molecular formula is C11H14O2S. The molecule has 3 heteroatoms. The van der Waals surface area contributed by atoms with Crippen LogP contribution in [0, 0.1) is 5.92 Å². The smallest absolute Gasteiger partial charge is 0.336 e. The van der Waals surface area contributed by atoms with E-state index in [0.717, 1.165) is 12.0 Å². The van der Waals surface area contributed by atoms with E-state index in [1.54, 1.807) is 6.07 Å². The first-order valence-corrected chi connectivity index (χ1v) is 5.00. The normalized spacial score (nSPS) is 10.6. The predicted octanol–water partition coefficient (Wildman–Crippen LogP) is 2.87. The highest BCUT2D eigenvalue weighted by Gasteiger charge is 2.11. The topological polar surface area (TPSA) is 37.3 Å². The maximum Gasteiger partial charge on any atom is 0.336 e. The second-order valence-electron chi connectivity index (χ2n) is 3.74. The number of thiol groups is 1. The van der Waals surface area contributed by atoms with Gasteiger partial charge in [0.1, 0.15) is 0 Å². The van der Waals surface area contributed by atoms with Gasteiger partial charge in [0.15, 0.2) is 0 Å². The Balaban J connectivity index is 3.08. The van der Waals surface area contributed by atoms with Gasteiger partial charge >= 0.3 is 5.97 Å². The third-order valence-electron chi connectivity index (χ3n) is 1.95. The fourth-order valence-corrected chi connectivity index (χ4v) is 1.58. The number of aromatic carboxylic acids is 1. The van der Waals surface area contributed by atoms with Crippen LogP contribution in [0.2, 0.25) is 0 Å². The lowest BCUT2D eigenvalue weighted by Crippen LogP contribution is -2.05. The summed E-state index contributed by atoms with van der Waals surface area (Å²) < 4.78 is 0. The summed E-state index contributed by atoms with van der Waals surface area (Å²) >= 11 is 4.12. The van der Waals surface area contributed by atoms with Crippen LogP contribution in [0.5, 0.6) is 0 Å². The van der Waals surface area contributed by atoms with Crippen LogP contribution in [0.25, 0.3) is 0 Å². The van der Waals surface area contributed by atoms with Crippen molar-refractivity contribution in [3.63, 3.8) is 0 Å². The quantitative estimate of drug-likeness (QED) is 0.753. The van der Waals surface area contributed by atoms with E-state index in [2.05, 4.69) is 26.5 Å². The van der Waals surface area contributed by atoms with Crippen molar-refractivity contribution in [1.82, 2.24) is 0 Å². The zero-order valence-corrected chi connectivity index (χ0v) is 9.21. The SMILES string of the molecule is CC(C)Cc1ccc(S)cc1C(=O)O. The minimum atomic E-state index is -0.878. The summed E-state index contributed by atoms with van der Waals surface area (Å²) in [6.45, 7) is 4.14. The van der Waals surface area contributed by atoms with Gasteiger partial charge in [-0.2, -0.15) is 0 Å². The Morgan fingerprint density at radius 1 is 1.50 bits per heavy atom. The van der Waals surface area contributed by atoms with Crippen molar-refractivity contribution in [1.29, 1.82) is 0 Å². The molecule has 0 amide bonds. The Kier molecular flexibility index (Phi) is 3.58. The average Bonchev–Trinajstić information content (AvgIpc) is 2.07. The summed E-state index contributed by atoms with van der Waals surface area (Å²) in [6, 6.07) is 5.27. The predicted molar refractivity (Wildman–Crippen MR) is 59.2 cm³/mol. The summed E-state index contributed by atoms with van der Waals surface area (Å²) in [5.41, 5.74) is 1.25. The minimum absolute atomic E-state index is 0.367.